The van der Waals surface area contributed by atoms with E-state index in [9.17, 15) is 4.79 Å². The summed E-state index contributed by atoms with van der Waals surface area (Å²) in [6.45, 7) is 2.89. The minimum Gasteiger partial charge on any atom is -0.398 e. The summed E-state index contributed by atoms with van der Waals surface area (Å²) < 4.78 is 0. The lowest BCUT2D eigenvalue weighted by molar-refractivity contribution is -0.120. The van der Waals surface area contributed by atoms with E-state index in [2.05, 4.69) is 18.5 Å². The van der Waals surface area contributed by atoms with Gasteiger partial charge < -0.3 is 11.1 Å². The van der Waals surface area contributed by atoms with Gasteiger partial charge in [0, 0.05) is 17.5 Å². The van der Waals surface area contributed by atoms with Crippen molar-refractivity contribution in [2.45, 2.75) is 25.0 Å². The first-order valence-corrected chi connectivity index (χ1v) is 7.05. The number of carbonyl (C=O) groups excluding carboxylic acids is 1. The summed E-state index contributed by atoms with van der Waals surface area (Å²) in [5, 5.41) is 3.50. The quantitative estimate of drug-likeness (QED) is 0.762. The van der Waals surface area contributed by atoms with E-state index >= 15 is 0 Å². The van der Waals surface area contributed by atoms with Crippen LogP contribution >= 0.6 is 11.8 Å². The third-order valence-corrected chi connectivity index (χ3v) is 3.72. The third kappa shape index (κ3) is 5.13. The molecule has 4 heteroatoms. The number of carbonyl (C=O) groups is 1. The monoisotopic (exact) mass is 252 g/mol. The van der Waals surface area contributed by atoms with Gasteiger partial charge in [0.15, 0.2) is 0 Å². The Balaban J connectivity index is 2.33. The molecule has 0 aliphatic rings. The normalized spacial score (nSPS) is 12.1. The largest absolute Gasteiger partial charge is 0.398 e. The Morgan fingerprint density at radius 1 is 1.47 bits per heavy atom. The smallest absolute Gasteiger partial charge is 0.224 e. The number of hydrogen-bond acceptors (Lipinski definition) is 3. The van der Waals surface area contributed by atoms with Crippen LogP contribution in [0.25, 0.3) is 0 Å². The molecule has 94 valence electrons. The molecule has 3 N–H and O–H groups in total. The van der Waals surface area contributed by atoms with Gasteiger partial charge in [-0.1, -0.05) is 25.1 Å². The van der Waals surface area contributed by atoms with Crippen molar-refractivity contribution in [3.8, 4) is 0 Å². The number of para-hydroxylation sites is 1. The maximum atomic E-state index is 11.7. The van der Waals surface area contributed by atoms with Crippen LogP contribution < -0.4 is 11.1 Å². The van der Waals surface area contributed by atoms with Gasteiger partial charge in [-0.2, -0.15) is 11.8 Å². The Bertz CT molecular complexity index is 368. The Morgan fingerprint density at radius 2 is 2.18 bits per heavy atom. The second-order valence-electron chi connectivity index (χ2n) is 4.06. The second kappa shape index (κ2) is 7.22. The Hall–Kier alpha value is -1.16. The molecular formula is C13H20N2OS. The van der Waals surface area contributed by atoms with Gasteiger partial charge in [0.2, 0.25) is 5.91 Å². The van der Waals surface area contributed by atoms with Crippen LogP contribution in [-0.4, -0.2) is 24.0 Å². The van der Waals surface area contributed by atoms with Crippen LogP contribution in [0.5, 0.6) is 0 Å². The van der Waals surface area contributed by atoms with Gasteiger partial charge in [-0.25, -0.2) is 0 Å². The average Bonchev–Trinajstić information content (AvgIpc) is 2.32. The van der Waals surface area contributed by atoms with Crippen molar-refractivity contribution in [1.82, 2.24) is 5.32 Å². The Labute approximate surface area is 107 Å². The van der Waals surface area contributed by atoms with Gasteiger partial charge in [-0.3, -0.25) is 4.79 Å². The van der Waals surface area contributed by atoms with Gasteiger partial charge in [0.1, 0.15) is 0 Å². The molecule has 17 heavy (non-hydrogen) atoms. The minimum atomic E-state index is 0.0382. The number of rotatable bonds is 6. The summed E-state index contributed by atoms with van der Waals surface area (Å²) in [5.41, 5.74) is 7.36. The highest BCUT2D eigenvalue weighted by atomic mass is 32.2. The maximum Gasteiger partial charge on any atom is 0.224 e. The zero-order valence-electron chi connectivity index (χ0n) is 10.4. The molecule has 0 aliphatic carbocycles. The van der Waals surface area contributed by atoms with Crippen LogP contribution in [0.4, 0.5) is 5.69 Å². The van der Waals surface area contributed by atoms with E-state index in [1.807, 2.05) is 36.0 Å². The predicted molar refractivity (Wildman–Crippen MR) is 75.2 cm³/mol. The molecular weight excluding hydrogens is 232 g/mol. The van der Waals surface area contributed by atoms with E-state index in [1.54, 1.807) is 0 Å². The number of nitrogens with two attached hydrogens (primary N) is 1. The molecule has 1 aromatic carbocycles. The average molecular weight is 252 g/mol. The fraction of sp³-hybridized carbons (Fsp3) is 0.462. The van der Waals surface area contributed by atoms with E-state index in [1.165, 1.54) is 0 Å². The lowest BCUT2D eigenvalue weighted by Gasteiger charge is -2.10. The van der Waals surface area contributed by atoms with Crippen molar-refractivity contribution in [2.75, 3.05) is 18.5 Å². The first-order chi connectivity index (χ1) is 8.13. The summed E-state index contributed by atoms with van der Waals surface area (Å²) >= 11 is 1.81. The summed E-state index contributed by atoms with van der Waals surface area (Å²) in [6, 6.07) is 7.48. The number of nitrogens with one attached hydrogen (secondary N) is 1. The van der Waals surface area contributed by atoms with Crippen molar-refractivity contribution in [2.24, 2.45) is 0 Å². The number of anilines is 1. The standard InChI is InChI=1S/C13H20N2OS/c1-10(17-2)7-8-15-13(16)9-11-5-3-4-6-12(11)14/h3-6,10H,7-9,14H2,1-2H3,(H,15,16). The topological polar surface area (TPSA) is 55.1 Å². The van der Waals surface area contributed by atoms with Crippen LogP contribution in [0.15, 0.2) is 24.3 Å². The minimum absolute atomic E-state index is 0.0382. The fourth-order valence-electron chi connectivity index (χ4n) is 1.46. The molecule has 3 nitrogen and oxygen atoms in total. The summed E-state index contributed by atoms with van der Waals surface area (Å²) in [7, 11) is 0. The van der Waals surface area contributed by atoms with Crippen molar-refractivity contribution in [3.63, 3.8) is 0 Å². The van der Waals surface area contributed by atoms with E-state index in [4.69, 9.17) is 5.73 Å². The molecule has 1 aromatic rings. The lowest BCUT2D eigenvalue weighted by Crippen LogP contribution is -2.27. The molecule has 1 unspecified atom stereocenters. The highest BCUT2D eigenvalue weighted by Crippen LogP contribution is 2.11. The SMILES string of the molecule is CSC(C)CCNC(=O)Cc1ccccc1N. The van der Waals surface area contributed by atoms with Crippen LogP contribution in [0, 0.1) is 0 Å². The molecule has 0 radical (unpaired) electrons. The predicted octanol–water partition coefficient (Wildman–Crippen LogP) is 2.07. The van der Waals surface area contributed by atoms with E-state index in [-0.39, 0.29) is 5.91 Å². The third-order valence-electron chi connectivity index (χ3n) is 2.68. The van der Waals surface area contributed by atoms with Gasteiger partial charge in [0.25, 0.3) is 0 Å². The van der Waals surface area contributed by atoms with Crippen molar-refractivity contribution >= 4 is 23.4 Å². The van der Waals surface area contributed by atoms with Gasteiger partial charge in [-0.05, 0) is 24.3 Å². The molecule has 0 aromatic heterocycles. The molecule has 1 atom stereocenters. The number of amides is 1. The highest BCUT2D eigenvalue weighted by Gasteiger charge is 2.06. The van der Waals surface area contributed by atoms with Crippen LogP contribution in [0.1, 0.15) is 18.9 Å². The van der Waals surface area contributed by atoms with Crippen LogP contribution in [0.3, 0.4) is 0 Å². The van der Waals surface area contributed by atoms with Gasteiger partial charge in [0.05, 0.1) is 6.42 Å². The molecule has 1 rings (SSSR count). The lowest BCUT2D eigenvalue weighted by atomic mass is 10.1. The molecule has 0 bridgehead atoms. The molecule has 0 spiro atoms. The van der Waals surface area contributed by atoms with Crippen LogP contribution in [0.2, 0.25) is 0 Å². The highest BCUT2D eigenvalue weighted by molar-refractivity contribution is 7.99. The van der Waals surface area contributed by atoms with Crippen molar-refractivity contribution in [1.29, 1.82) is 0 Å². The maximum absolute atomic E-state index is 11.7. The van der Waals surface area contributed by atoms with Crippen molar-refractivity contribution < 1.29 is 4.79 Å². The number of thioether (sulfide) groups is 1. The van der Waals surface area contributed by atoms with Crippen LogP contribution in [-0.2, 0) is 11.2 Å². The first kappa shape index (κ1) is 13.9. The Kier molecular flexibility index (Phi) is 5.91. The zero-order chi connectivity index (χ0) is 12.7. The molecule has 0 heterocycles. The van der Waals surface area contributed by atoms with E-state index < -0.39 is 0 Å². The Morgan fingerprint density at radius 3 is 2.82 bits per heavy atom. The first-order valence-electron chi connectivity index (χ1n) is 5.76. The molecule has 0 saturated carbocycles. The van der Waals surface area contributed by atoms with Gasteiger partial charge in [-0.15, -0.1) is 0 Å². The number of nitrogen functional groups attached to an aromatic ring is 1. The molecule has 0 fully saturated rings. The summed E-state index contributed by atoms with van der Waals surface area (Å²) in [6.07, 6.45) is 3.44. The second-order valence-corrected chi connectivity index (χ2v) is 5.34. The summed E-state index contributed by atoms with van der Waals surface area (Å²) in [5.74, 6) is 0.0382. The van der Waals surface area contributed by atoms with Crippen molar-refractivity contribution in [3.05, 3.63) is 29.8 Å². The molecule has 0 saturated heterocycles. The molecule has 0 aliphatic heterocycles. The van der Waals surface area contributed by atoms with Gasteiger partial charge >= 0.3 is 0 Å². The zero-order valence-corrected chi connectivity index (χ0v) is 11.2. The number of hydrogen-bond donors (Lipinski definition) is 2. The van der Waals surface area contributed by atoms with E-state index in [0.29, 0.717) is 17.4 Å². The molecule has 1 amide bonds. The number of benzene rings is 1. The fourth-order valence-corrected chi connectivity index (χ4v) is 1.82. The summed E-state index contributed by atoms with van der Waals surface area (Å²) in [4.78, 5) is 11.7. The van der Waals surface area contributed by atoms with E-state index in [0.717, 1.165) is 18.5 Å².